The van der Waals surface area contributed by atoms with Crippen molar-refractivity contribution in [3.8, 4) is 0 Å². The minimum absolute atomic E-state index is 0.0206. The maximum atomic E-state index is 13.3. The van der Waals surface area contributed by atoms with E-state index in [1.807, 2.05) is 0 Å². The van der Waals surface area contributed by atoms with Crippen LogP contribution in [-0.4, -0.2) is 155 Å². The van der Waals surface area contributed by atoms with Gasteiger partial charge in [0, 0.05) is 31.5 Å². The smallest absolute Gasteiger partial charge is 0.252 e. The zero-order chi connectivity index (χ0) is 34.7. The molecule has 0 aromatic rings. The number of rotatable bonds is 13. The highest BCUT2D eigenvalue weighted by Gasteiger charge is 2.54. The van der Waals surface area contributed by atoms with Crippen LogP contribution >= 0.6 is 0 Å². The van der Waals surface area contributed by atoms with E-state index in [2.05, 4.69) is 20.9 Å². The number of nitrogens with one attached hydrogen (secondary N) is 3. The number of hydrogen-bond donors (Lipinski definition) is 13. The van der Waals surface area contributed by atoms with Crippen LogP contribution in [0.3, 0.4) is 0 Å². The van der Waals surface area contributed by atoms with E-state index in [-0.39, 0.29) is 38.4 Å². The van der Waals surface area contributed by atoms with Crippen molar-refractivity contribution >= 4 is 11.9 Å². The Bertz CT molecular complexity index is 1120. The van der Waals surface area contributed by atoms with Crippen molar-refractivity contribution < 1.29 is 49.3 Å². The molecule has 2 saturated carbocycles. The standard InChI is InChI=1S/C28H53N9O10/c1-27(42)11-44-24(19(40)22(27)34-2)47-21-17(37-25(41)28(43)6-13(7-28)36-26(32)33)5-16(31)20(18(21)39)46-23-15(30)4-3-14(45-23)9-35-8-12(29)10-38/h3,12-13,15-24,34-35,38-40,42-43H,4-11,29-31H2,1-2H3,(H,37,41)(H4,32,33,36)/t12?,13?,15-,16+,17-,18+,19-,20?,21+,22-,23-,24-,27+,28?/m1/s1. The zero-order valence-electron chi connectivity index (χ0n) is 26.8. The molecule has 0 aromatic heterocycles. The molecule has 3 fully saturated rings. The molecule has 19 heteroatoms. The molecule has 0 spiro atoms. The maximum Gasteiger partial charge on any atom is 0.252 e. The van der Waals surface area contributed by atoms with Crippen LogP contribution < -0.4 is 44.6 Å². The first kappa shape index (κ1) is 37.6. The predicted molar refractivity (Wildman–Crippen MR) is 167 cm³/mol. The lowest BCUT2D eigenvalue weighted by atomic mass is 9.74. The first-order chi connectivity index (χ1) is 22.1. The number of hydrogen-bond acceptors (Lipinski definition) is 16. The zero-order valence-corrected chi connectivity index (χ0v) is 26.8. The summed E-state index contributed by atoms with van der Waals surface area (Å²) in [7, 11) is 1.56. The Labute approximate surface area is 273 Å². The third-order valence-electron chi connectivity index (χ3n) is 9.13. The van der Waals surface area contributed by atoms with Gasteiger partial charge in [0.15, 0.2) is 12.2 Å². The van der Waals surface area contributed by atoms with Crippen molar-refractivity contribution in [3.05, 3.63) is 11.8 Å². The molecular weight excluding hydrogens is 622 g/mol. The van der Waals surface area contributed by atoms with E-state index in [1.165, 1.54) is 6.92 Å². The number of nitrogens with two attached hydrogens (primary N) is 5. The van der Waals surface area contributed by atoms with Gasteiger partial charge in [0.25, 0.3) is 5.91 Å². The summed E-state index contributed by atoms with van der Waals surface area (Å²) in [5.74, 6) is -0.371. The van der Waals surface area contributed by atoms with Gasteiger partial charge in [0.2, 0.25) is 6.29 Å². The second kappa shape index (κ2) is 15.5. The van der Waals surface area contributed by atoms with Crippen molar-refractivity contribution in [1.29, 1.82) is 0 Å². The highest BCUT2D eigenvalue weighted by molar-refractivity contribution is 5.87. The maximum absolute atomic E-state index is 13.3. The fourth-order valence-corrected chi connectivity index (χ4v) is 6.47. The SMILES string of the molecule is CN[C@@H]1[C@@H](O)[C@@H](O[C@H]2[C@H](NC(=O)C3(O)CC(N=C(N)N)C3)C[C@H](N)C(O[C@H]3OC(CNCC(N)CO)=CC[C@H]3N)[C@@H]2O)OC[C@]1(C)O. The molecule has 270 valence electrons. The van der Waals surface area contributed by atoms with Crippen LogP contribution in [0.1, 0.15) is 32.6 Å². The van der Waals surface area contributed by atoms with E-state index in [1.54, 1.807) is 13.1 Å². The Morgan fingerprint density at radius 3 is 2.45 bits per heavy atom. The van der Waals surface area contributed by atoms with Gasteiger partial charge in [-0.2, -0.15) is 0 Å². The van der Waals surface area contributed by atoms with Gasteiger partial charge in [-0.05, 0) is 32.9 Å². The van der Waals surface area contributed by atoms with Gasteiger partial charge in [-0.1, -0.05) is 0 Å². The van der Waals surface area contributed by atoms with Crippen molar-refractivity contribution in [1.82, 2.24) is 16.0 Å². The molecule has 18 N–H and O–H groups in total. The fraction of sp³-hybridized carbons (Fsp3) is 0.857. The third kappa shape index (κ3) is 8.87. The van der Waals surface area contributed by atoms with E-state index >= 15 is 0 Å². The van der Waals surface area contributed by atoms with Crippen molar-refractivity contribution in [2.75, 3.05) is 33.4 Å². The molecule has 0 bridgehead atoms. The molecule has 47 heavy (non-hydrogen) atoms. The number of aliphatic hydroxyl groups excluding tert-OH is 3. The number of aliphatic imine (C=N–C) groups is 1. The van der Waals surface area contributed by atoms with Crippen molar-refractivity contribution in [3.63, 3.8) is 0 Å². The lowest BCUT2D eigenvalue weighted by Gasteiger charge is -2.49. The normalized spacial score (nSPS) is 42.8. The molecule has 4 aliphatic rings. The monoisotopic (exact) mass is 675 g/mol. The van der Waals surface area contributed by atoms with Crippen LogP contribution in [0, 0.1) is 0 Å². The first-order valence-corrected chi connectivity index (χ1v) is 15.8. The van der Waals surface area contributed by atoms with E-state index in [4.69, 9.17) is 52.7 Å². The molecule has 0 radical (unpaired) electrons. The van der Waals surface area contributed by atoms with Crippen LogP contribution in [0.25, 0.3) is 0 Å². The van der Waals surface area contributed by atoms with Gasteiger partial charge in [-0.3, -0.25) is 9.79 Å². The topological polar surface area (TPSA) is 334 Å². The average Bonchev–Trinajstić information content (AvgIpc) is 2.98. The number of carbonyl (C=O) groups excluding carboxylic acids is 1. The number of ether oxygens (including phenoxy) is 4. The molecule has 0 aromatic carbocycles. The van der Waals surface area contributed by atoms with E-state index in [0.717, 1.165) is 0 Å². The first-order valence-electron chi connectivity index (χ1n) is 15.8. The number of nitrogens with zero attached hydrogens (tertiary/aromatic N) is 1. The van der Waals surface area contributed by atoms with Gasteiger partial charge < -0.3 is 89.1 Å². The van der Waals surface area contributed by atoms with Gasteiger partial charge in [-0.15, -0.1) is 0 Å². The highest BCUT2D eigenvalue weighted by Crippen LogP contribution is 2.36. The summed E-state index contributed by atoms with van der Waals surface area (Å²) >= 11 is 0. The largest absolute Gasteiger partial charge is 0.467 e. The number of likely N-dealkylation sites (N-methyl/N-ethyl adjacent to an activating group) is 1. The molecule has 12 atom stereocenters. The van der Waals surface area contributed by atoms with E-state index in [0.29, 0.717) is 25.3 Å². The summed E-state index contributed by atoms with van der Waals surface area (Å²) in [5, 5.41) is 62.2. The van der Waals surface area contributed by atoms with Gasteiger partial charge in [0.05, 0.1) is 43.9 Å². The van der Waals surface area contributed by atoms with Crippen LogP contribution in [0.5, 0.6) is 0 Å². The minimum atomic E-state index is -1.77. The van der Waals surface area contributed by atoms with Gasteiger partial charge in [-0.25, -0.2) is 0 Å². The summed E-state index contributed by atoms with van der Waals surface area (Å²) in [6.07, 6.45) is -5.43. The summed E-state index contributed by atoms with van der Waals surface area (Å²) in [5.41, 5.74) is 26.2. The molecule has 2 aliphatic heterocycles. The molecule has 19 nitrogen and oxygen atoms in total. The lowest BCUT2D eigenvalue weighted by Crippen LogP contribution is -2.70. The van der Waals surface area contributed by atoms with Gasteiger partial charge in [0.1, 0.15) is 41.4 Å². The predicted octanol–water partition coefficient (Wildman–Crippen LogP) is -6.58. The third-order valence-corrected chi connectivity index (χ3v) is 9.13. The van der Waals surface area contributed by atoms with Gasteiger partial charge >= 0.3 is 0 Å². The summed E-state index contributed by atoms with van der Waals surface area (Å²) < 4.78 is 24.0. The molecule has 2 heterocycles. The number of amides is 1. The summed E-state index contributed by atoms with van der Waals surface area (Å²) in [6.45, 7) is 1.75. The van der Waals surface area contributed by atoms with Crippen LogP contribution in [0.15, 0.2) is 16.8 Å². The number of carbonyl (C=O) groups is 1. The fourth-order valence-electron chi connectivity index (χ4n) is 6.47. The lowest BCUT2D eigenvalue weighted by molar-refractivity contribution is -0.304. The van der Waals surface area contributed by atoms with E-state index in [9.17, 15) is 25.2 Å². The van der Waals surface area contributed by atoms with Crippen LogP contribution in [0.2, 0.25) is 0 Å². The Balaban J connectivity index is 1.50. The average molecular weight is 676 g/mol. The highest BCUT2D eigenvalue weighted by atomic mass is 16.7. The van der Waals surface area contributed by atoms with Crippen molar-refractivity contribution in [2.24, 2.45) is 33.7 Å². The molecule has 2 unspecified atom stereocenters. The van der Waals surface area contributed by atoms with Crippen molar-refractivity contribution in [2.45, 2.75) is 117 Å². The Morgan fingerprint density at radius 1 is 1.13 bits per heavy atom. The minimum Gasteiger partial charge on any atom is -0.467 e. The quantitative estimate of drug-likeness (QED) is 0.0637. The Hall–Kier alpha value is -2.24. The Kier molecular flexibility index (Phi) is 12.4. The summed E-state index contributed by atoms with van der Waals surface area (Å²) in [4.78, 5) is 17.3. The van der Waals surface area contributed by atoms with Crippen LogP contribution in [0.4, 0.5) is 0 Å². The molecule has 4 rings (SSSR count). The molecule has 1 saturated heterocycles. The second-order valence-electron chi connectivity index (χ2n) is 13.2. The molecule has 2 aliphatic carbocycles. The summed E-state index contributed by atoms with van der Waals surface area (Å²) in [6, 6.07) is -4.18. The second-order valence-corrected chi connectivity index (χ2v) is 13.2. The van der Waals surface area contributed by atoms with E-state index < -0.39 is 90.4 Å². The van der Waals surface area contributed by atoms with Crippen LogP contribution in [-0.2, 0) is 23.7 Å². The number of guanidine groups is 1. The Morgan fingerprint density at radius 2 is 1.81 bits per heavy atom. The number of aliphatic hydroxyl groups is 5. The molecule has 1 amide bonds. The molecular formula is C28H53N9O10.